The number of amides is 1. The van der Waals surface area contributed by atoms with E-state index in [1.165, 1.54) is 21.2 Å². The predicted octanol–water partition coefficient (Wildman–Crippen LogP) is 5.34. The molecule has 0 saturated heterocycles. The number of carbonyl (C=O) groups is 1. The molecular formula is C30H34N4O3S2. The van der Waals surface area contributed by atoms with Crippen molar-refractivity contribution >= 4 is 42.6 Å². The smallest absolute Gasteiger partial charge is 0.260 e. The van der Waals surface area contributed by atoms with Gasteiger partial charge in [0.05, 0.1) is 15.1 Å². The molecule has 0 saturated carbocycles. The first-order valence-corrected chi connectivity index (χ1v) is 15.6. The molecule has 0 atom stereocenters. The summed E-state index contributed by atoms with van der Waals surface area (Å²) < 4.78 is 29.4. The molecule has 0 unspecified atom stereocenters. The van der Waals surface area contributed by atoms with Crippen LogP contribution in [0.4, 0.5) is 5.13 Å². The van der Waals surface area contributed by atoms with Gasteiger partial charge in [0.25, 0.3) is 5.91 Å². The van der Waals surface area contributed by atoms with Crippen molar-refractivity contribution in [1.82, 2.24) is 14.2 Å². The van der Waals surface area contributed by atoms with Crippen LogP contribution in [0.15, 0.2) is 71.6 Å². The summed E-state index contributed by atoms with van der Waals surface area (Å²) in [7, 11) is -3.68. The Morgan fingerprint density at radius 1 is 0.974 bits per heavy atom. The van der Waals surface area contributed by atoms with E-state index in [0.29, 0.717) is 36.8 Å². The molecule has 204 valence electrons. The molecule has 3 aromatic carbocycles. The average Bonchev–Trinajstić information content (AvgIpc) is 3.37. The maximum absolute atomic E-state index is 13.8. The summed E-state index contributed by atoms with van der Waals surface area (Å²) in [5, 5.41) is 0.649. The van der Waals surface area contributed by atoms with E-state index >= 15 is 0 Å². The fraction of sp³-hybridized carbons (Fsp3) is 0.333. The fourth-order valence-corrected chi connectivity index (χ4v) is 7.46. The predicted molar refractivity (Wildman–Crippen MR) is 158 cm³/mol. The Labute approximate surface area is 234 Å². The van der Waals surface area contributed by atoms with Crippen molar-refractivity contribution in [2.75, 3.05) is 37.6 Å². The van der Waals surface area contributed by atoms with Gasteiger partial charge in [0, 0.05) is 31.7 Å². The van der Waals surface area contributed by atoms with E-state index < -0.39 is 10.0 Å². The molecule has 9 heteroatoms. The number of fused-ring (bicyclic) bond motifs is 2. The quantitative estimate of drug-likeness (QED) is 0.275. The Kier molecular flexibility index (Phi) is 8.13. The minimum atomic E-state index is -3.68. The van der Waals surface area contributed by atoms with Gasteiger partial charge in [0.2, 0.25) is 10.0 Å². The number of likely N-dealkylation sites (N-methyl/N-ethyl adjacent to an activating group) is 1. The molecule has 7 nitrogen and oxygen atoms in total. The molecule has 5 rings (SSSR count). The summed E-state index contributed by atoms with van der Waals surface area (Å²) in [5.41, 5.74) is 4.68. The number of sulfonamides is 1. The van der Waals surface area contributed by atoms with Gasteiger partial charge in [-0.25, -0.2) is 13.4 Å². The highest BCUT2D eigenvalue weighted by Crippen LogP contribution is 2.31. The number of anilines is 1. The van der Waals surface area contributed by atoms with Crippen molar-refractivity contribution in [3.05, 3.63) is 89.0 Å². The molecule has 0 N–H and O–H groups in total. The van der Waals surface area contributed by atoms with Crippen LogP contribution in [-0.2, 0) is 23.0 Å². The molecule has 39 heavy (non-hydrogen) atoms. The largest absolute Gasteiger partial charge is 0.302 e. The first-order chi connectivity index (χ1) is 18.8. The van der Waals surface area contributed by atoms with Crippen LogP contribution in [0.3, 0.4) is 0 Å². The Hall–Kier alpha value is -3.11. The maximum atomic E-state index is 13.8. The van der Waals surface area contributed by atoms with E-state index in [2.05, 4.69) is 30.9 Å². The number of hydrogen-bond acceptors (Lipinski definition) is 6. The SMILES string of the molecule is CCN(CC)CCN(C(=O)c1ccc(S(=O)(=O)N2CCc3ccccc3C2)cc1)c1nc2ccc(C)cc2s1. The van der Waals surface area contributed by atoms with Gasteiger partial charge in [-0.15, -0.1) is 0 Å². The normalized spacial score (nSPS) is 14.1. The third-order valence-corrected chi connectivity index (χ3v) is 10.3. The van der Waals surface area contributed by atoms with Gasteiger partial charge in [-0.2, -0.15) is 4.31 Å². The highest BCUT2D eigenvalue weighted by molar-refractivity contribution is 7.89. The van der Waals surface area contributed by atoms with Crippen LogP contribution < -0.4 is 4.90 Å². The summed E-state index contributed by atoms with van der Waals surface area (Å²) in [6, 6.07) is 20.4. The first kappa shape index (κ1) is 27.5. The lowest BCUT2D eigenvalue weighted by molar-refractivity contribution is 0.0983. The van der Waals surface area contributed by atoms with Gasteiger partial charge in [0.15, 0.2) is 5.13 Å². The lowest BCUT2D eigenvalue weighted by Gasteiger charge is -2.28. The number of carbonyl (C=O) groups excluding carboxylic acids is 1. The Bertz CT molecular complexity index is 1580. The van der Waals surface area contributed by atoms with Crippen molar-refractivity contribution in [2.45, 2.75) is 38.6 Å². The Morgan fingerprint density at radius 3 is 2.41 bits per heavy atom. The molecule has 1 amide bonds. The number of benzene rings is 3. The summed E-state index contributed by atoms with van der Waals surface area (Å²) in [6.45, 7) is 10.1. The second-order valence-corrected chi connectivity index (χ2v) is 12.8. The molecular weight excluding hydrogens is 528 g/mol. The molecule has 1 aliphatic rings. The Balaban J connectivity index is 1.40. The van der Waals surface area contributed by atoms with Crippen LogP contribution in [0.25, 0.3) is 10.2 Å². The second-order valence-electron chi connectivity index (χ2n) is 9.83. The molecule has 0 fully saturated rings. The lowest BCUT2D eigenvalue weighted by atomic mass is 10.0. The third-order valence-electron chi connectivity index (χ3n) is 7.38. The molecule has 4 aromatic rings. The molecule has 1 aromatic heterocycles. The van der Waals surface area contributed by atoms with E-state index in [1.807, 2.05) is 37.3 Å². The van der Waals surface area contributed by atoms with Crippen LogP contribution in [0.5, 0.6) is 0 Å². The van der Waals surface area contributed by atoms with Crippen LogP contribution in [-0.4, -0.2) is 61.2 Å². The van der Waals surface area contributed by atoms with Crippen molar-refractivity contribution in [1.29, 1.82) is 0 Å². The fourth-order valence-electron chi connectivity index (χ4n) is 4.95. The van der Waals surface area contributed by atoms with Gasteiger partial charge < -0.3 is 4.90 Å². The molecule has 0 radical (unpaired) electrons. The highest BCUT2D eigenvalue weighted by atomic mass is 32.2. The van der Waals surface area contributed by atoms with Crippen LogP contribution in [0.1, 0.15) is 40.9 Å². The first-order valence-electron chi connectivity index (χ1n) is 13.4. The van der Waals surface area contributed by atoms with Crippen LogP contribution >= 0.6 is 11.3 Å². The third kappa shape index (κ3) is 5.77. The average molecular weight is 563 g/mol. The van der Waals surface area contributed by atoms with Gasteiger partial charge in [-0.1, -0.05) is 55.5 Å². The van der Waals surface area contributed by atoms with Gasteiger partial charge in [-0.3, -0.25) is 9.69 Å². The number of hydrogen-bond donors (Lipinski definition) is 0. The highest BCUT2D eigenvalue weighted by Gasteiger charge is 2.29. The van der Waals surface area contributed by atoms with Crippen molar-refractivity contribution in [2.24, 2.45) is 0 Å². The number of nitrogens with zero attached hydrogens (tertiary/aromatic N) is 4. The van der Waals surface area contributed by atoms with Crippen molar-refractivity contribution < 1.29 is 13.2 Å². The van der Waals surface area contributed by atoms with Crippen LogP contribution in [0, 0.1) is 6.92 Å². The summed E-state index contributed by atoms with van der Waals surface area (Å²) >= 11 is 1.50. The summed E-state index contributed by atoms with van der Waals surface area (Å²) in [6.07, 6.45) is 0.690. The zero-order valence-electron chi connectivity index (χ0n) is 22.6. The van der Waals surface area contributed by atoms with Gasteiger partial charge in [-0.05, 0) is 79.5 Å². The maximum Gasteiger partial charge on any atom is 0.260 e. The lowest BCUT2D eigenvalue weighted by Crippen LogP contribution is -2.39. The van der Waals surface area contributed by atoms with E-state index in [0.717, 1.165) is 41.0 Å². The monoisotopic (exact) mass is 562 g/mol. The number of rotatable bonds is 9. The second kappa shape index (κ2) is 11.6. The standard InChI is InChI=1S/C30H34N4O3S2/c1-4-32(5-2)18-19-34(30-31-27-15-10-22(3)20-28(27)38-30)29(35)24-11-13-26(14-12-24)39(36,37)33-17-16-23-8-6-7-9-25(23)21-33/h6-15,20H,4-5,16-19,21H2,1-3H3. The Morgan fingerprint density at radius 2 is 1.69 bits per heavy atom. The number of thiazole rings is 1. The van der Waals surface area contributed by atoms with E-state index in [1.54, 1.807) is 29.2 Å². The van der Waals surface area contributed by atoms with E-state index in [-0.39, 0.29) is 10.8 Å². The van der Waals surface area contributed by atoms with Crippen molar-refractivity contribution in [3.8, 4) is 0 Å². The molecule has 0 bridgehead atoms. The zero-order valence-corrected chi connectivity index (χ0v) is 24.3. The number of aryl methyl sites for hydroxylation is 1. The van der Waals surface area contributed by atoms with Crippen LogP contribution in [0.2, 0.25) is 0 Å². The zero-order chi connectivity index (χ0) is 27.6. The molecule has 0 aliphatic carbocycles. The van der Waals surface area contributed by atoms with E-state index in [4.69, 9.17) is 4.98 Å². The van der Waals surface area contributed by atoms with Crippen molar-refractivity contribution in [3.63, 3.8) is 0 Å². The van der Waals surface area contributed by atoms with E-state index in [9.17, 15) is 13.2 Å². The summed E-state index contributed by atoms with van der Waals surface area (Å²) in [5.74, 6) is -0.186. The minimum Gasteiger partial charge on any atom is -0.302 e. The molecule has 2 heterocycles. The van der Waals surface area contributed by atoms with Gasteiger partial charge >= 0.3 is 0 Å². The van der Waals surface area contributed by atoms with Gasteiger partial charge in [0.1, 0.15) is 0 Å². The topological polar surface area (TPSA) is 73.8 Å². The number of aromatic nitrogens is 1. The minimum absolute atomic E-state index is 0.186. The molecule has 1 aliphatic heterocycles. The molecule has 0 spiro atoms. The summed E-state index contributed by atoms with van der Waals surface area (Å²) in [4.78, 5) is 22.8.